The highest BCUT2D eigenvalue weighted by Crippen LogP contribution is 2.15. The van der Waals surface area contributed by atoms with Crippen LogP contribution in [0.2, 0.25) is 5.02 Å². The van der Waals surface area contributed by atoms with Crippen LogP contribution in [0.3, 0.4) is 0 Å². The van der Waals surface area contributed by atoms with Crippen molar-refractivity contribution >= 4 is 29.1 Å². The van der Waals surface area contributed by atoms with Gasteiger partial charge in [-0.25, -0.2) is 0 Å². The molecule has 0 saturated carbocycles. The Balaban J connectivity index is 1.75. The summed E-state index contributed by atoms with van der Waals surface area (Å²) in [5.41, 5.74) is 1.74. The Morgan fingerprint density at radius 2 is 1.89 bits per heavy atom. The Morgan fingerprint density at radius 3 is 2.54 bits per heavy atom. The normalized spacial score (nSPS) is 11.8. The summed E-state index contributed by atoms with van der Waals surface area (Å²) in [4.78, 5) is 26.2. The number of amides is 2. The molecule has 0 bridgehead atoms. The Labute approximate surface area is 170 Å². The number of nitrogens with one attached hydrogen (secondary N) is 2. The van der Waals surface area contributed by atoms with E-state index in [0.717, 1.165) is 17.7 Å². The van der Waals surface area contributed by atoms with E-state index in [9.17, 15) is 9.59 Å². The molecule has 0 spiro atoms. The second-order valence-electron chi connectivity index (χ2n) is 6.54. The molecule has 0 fully saturated rings. The molecule has 150 valence electrons. The first-order valence-corrected chi connectivity index (χ1v) is 9.43. The molecule has 2 N–H and O–H groups in total. The fourth-order valence-electron chi connectivity index (χ4n) is 2.60. The molecule has 1 unspecified atom stereocenters. The topological polar surface area (TPSA) is 70.7 Å². The molecule has 1 atom stereocenters. The van der Waals surface area contributed by atoms with E-state index < -0.39 is 6.04 Å². The van der Waals surface area contributed by atoms with Crippen LogP contribution in [0.1, 0.15) is 12.5 Å². The summed E-state index contributed by atoms with van der Waals surface area (Å²) in [6, 6.07) is 14.2. The Bertz CT molecular complexity index is 796. The molecule has 2 amide bonds. The van der Waals surface area contributed by atoms with Crippen molar-refractivity contribution in [1.29, 1.82) is 0 Å². The number of rotatable bonds is 9. The first-order chi connectivity index (χ1) is 13.4. The van der Waals surface area contributed by atoms with Crippen LogP contribution in [-0.4, -0.2) is 50.0 Å². The van der Waals surface area contributed by atoms with E-state index >= 15 is 0 Å². The highest BCUT2D eigenvalue weighted by atomic mass is 35.5. The van der Waals surface area contributed by atoms with Crippen LogP contribution in [0.15, 0.2) is 48.5 Å². The van der Waals surface area contributed by atoms with Crippen molar-refractivity contribution in [2.24, 2.45) is 0 Å². The number of nitrogens with zero attached hydrogens (tertiary/aromatic N) is 1. The SMILES string of the molecule is COc1ccc(CCNC(=O)C(C)N(C)CC(=O)Nc2cccc(Cl)c2)cc1. The standard InChI is InChI=1S/C21H26ClN3O3/c1-15(21(27)23-12-11-16-7-9-19(28-3)10-8-16)25(2)14-20(26)24-18-6-4-5-17(22)13-18/h4-10,13,15H,11-12,14H2,1-3H3,(H,23,27)(H,24,26). The zero-order valence-corrected chi connectivity index (χ0v) is 17.1. The van der Waals surface area contributed by atoms with Gasteiger partial charge in [0.1, 0.15) is 5.75 Å². The molecule has 2 rings (SSSR count). The van der Waals surface area contributed by atoms with Gasteiger partial charge >= 0.3 is 0 Å². The molecule has 0 aliphatic carbocycles. The number of likely N-dealkylation sites (N-methyl/N-ethyl adjacent to an activating group) is 1. The van der Waals surface area contributed by atoms with Gasteiger partial charge in [0.15, 0.2) is 0 Å². The number of anilines is 1. The molecule has 2 aromatic carbocycles. The van der Waals surface area contributed by atoms with Crippen LogP contribution < -0.4 is 15.4 Å². The fraction of sp³-hybridized carbons (Fsp3) is 0.333. The van der Waals surface area contributed by atoms with Crippen LogP contribution in [0, 0.1) is 0 Å². The van der Waals surface area contributed by atoms with Crippen molar-refractivity contribution in [1.82, 2.24) is 10.2 Å². The molecule has 0 heterocycles. The van der Waals surface area contributed by atoms with Crippen LogP contribution in [0.25, 0.3) is 0 Å². The van der Waals surface area contributed by atoms with E-state index in [2.05, 4.69) is 10.6 Å². The molecule has 2 aromatic rings. The van der Waals surface area contributed by atoms with E-state index in [1.807, 2.05) is 24.3 Å². The maximum Gasteiger partial charge on any atom is 0.238 e. The van der Waals surface area contributed by atoms with Crippen molar-refractivity contribution in [2.75, 3.05) is 32.6 Å². The summed E-state index contributed by atoms with van der Waals surface area (Å²) in [7, 11) is 3.37. The monoisotopic (exact) mass is 403 g/mol. The van der Waals surface area contributed by atoms with Gasteiger partial charge in [-0.1, -0.05) is 29.8 Å². The van der Waals surface area contributed by atoms with Crippen molar-refractivity contribution < 1.29 is 14.3 Å². The summed E-state index contributed by atoms with van der Waals surface area (Å²) in [5.74, 6) is 0.480. The molecule has 0 aliphatic rings. The zero-order chi connectivity index (χ0) is 20.5. The zero-order valence-electron chi connectivity index (χ0n) is 16.4. The average Bonchev–Trinajstić information content (AvgIpc) is 2.67. The van der Waals surface area contributed by atoms with Gasteiger partial charge in [0.2, 0.25) is 11.8 Å². The van der Waals surface area contributed by atoms with Crippen LogP contribution in [0.4, 0.5) is 5.69 Å². The van der Waals surface area contributed by atoms with Crippen molar-refractivity contribution in [3.63, 3.8) is 0 Å². The highest BCUT2D eigenvalue weighted by Gasteiger charge is 2.19. The van der Waals surface area contributed by atoms with Crippen LogP contribution in [0.5, 0.6) is 5.75 Å². The van der Waals surface area contributed by atoms with Crippen molar-refractivity contribution in [2.45, 2.75) is 19.4 Å². The quantitative estimate of drug-likeness (QED) is 0.675. The van der Waals surface area contributed by atoms with Gasteiger partial charge in [0.05, 0.1) is 19.7 Å². The molecule has 6 nitrogen and oxygen atoms in total. The summed E-state index contributed by atoms with van der Waals surface area (Å²) < 4.78 is 5.13. The molecule has 28 heavy (non-hydrogen) atoms. The summed E-state index contributed by atoms with van der Waals surface area (Å²) >= 11 is 5.91. The first kappa shape index (κ1) is 21.7. The lowest BCUT2D eigenvalue weighted by Gasteiger charge is -2.23. The van der Waals surface area contributed by atoms with Crippen molar-refractivity contribution in [3.05, 3.63) is 59.1 Å². The Morgan fingerprint density at radius 1 is 1.18 bits per heavy atom. The van der Waals surface area contributed by atoms with Gasteiger partial charge in [-0.3, -0.25) is 14.5 Å². The number of carbonyl (C=O) groups excluding carboxylic acids is 2. The van der Waals surface area contributed by atoms with Gasteiger partial charge in [-0.15, -0.1) is 0 Å². The first-order valence-electron chi connectivity index (χ1n) is 9.05. The maximum atomic E-state index is 12.3. The molecule has 0 aliphatic heterocycles. The number of ether oxygens (including phenoxy) is 1. The minimum Gasteiger partial charge on any atom is -0.497 e. The summed E-state index contributed by atoms with van der Waals surface area (Å²) in [6.45, 7) is 2.40. The minimum atomic E-state index is -0.430. The molecule has 0 saturated heterocycles. The smallest absolute Gasteiger partial charge is 0.238 e. The van der Waals surface area contributed by atoms with Gasteiger partial charge in [0, 0.05) is 17.3 Å². The third-order valence-corrected chi connectivity index (χ3v) is 4.65. The number of carbonyl (C=O) groups is 2. The third-order valence-electron chi connectivity index (χ3n) is 4.41. The number of methoxy groups -OCH3 is 1. The summed E-state index contributed by atoms with van der Waals surface area (Å²) in [5, 5.41) is 6.24. The van der Waals surface area contributed by atoms with Gasteiger partial charge in [-0.2, -0.15) is 0 Å². The lowest BCUT2D eigenvalue weighted by Crippen LogP contribution is -2.46. The van der Waals surface area contributed by atoms with E-state index in [0.29, 0.717) is 17.3 Å². The highest BCUT2D eigenvalue weighted by molar-refractivity contribution is 6.30. The fourth-order valence-corrected chi connectivity index (χ4v) is 2.79. The predicted octanol–water partition coefficient (Wildman–Crippen LogP) is 2.97. The van der Waals surface area contributed by atoms with E-state index in [1.54, 1.807) is 50.2 Å². The lowest BCUT2D eigenvalue weighted by molar-refractivity contribution is -0.126. The number of hydrogen-bond donors (Lipinski definition) is 2. The number of halogens is 1. The maximum absolute atomic E-state index is 12.3. The number of benzene rings is 2. The van der Waals surface area contributed by atoms with Gasteiger partial charge in [-0.05, 0) is 56.3 Å². The van der Waals surface area contributed by atoms with E-state index in [4.69, 9.17) is 16.3 Å². The second-order valence-corrected chi connectivity index (χ2v) is 6.98. The van der Waals surface area contributed by atoms with Crippen molar-refractivity contribution in [3.8, 4) is 5.75 Å². The van der Waals surface area contributed by atoms with Gasteiger partial charge < -0.3 is 15.4 Å². The van der Waals surface area contributed by atoms with Crippen LogP contribution in [-0.2, 0) is 16.0 Å². The molecular weight excluding hydrogens is 378 g/mol. The Kier molecular flexibility index (Phi) is 8.29. The van der Waals surface area contributed by atoms with E-state index in [-0.39, 0.29) is 18.4 Å². The molecular formula is C21H26ClN3O3. The predicted molar refractivity (Wildman–Crippen MR) is 112 cm³/mol. The molecule has 0 aromatic heterocycles. The van der Waals surface area contributed by atoms with Crippen LogP contribution >= 0.6 is 11.6 Å². The lowest BCUT2D eigenvalue weighted by atomic mass is 10.1. The average molecular weight is 404 g/mol. The van der Waals surface area contributed by atoms with E-state index in [1.165, 1.54) is 0 Å². The van der Waals surface area contributed by atoms with Gasteiger partial charge in [0.25, 0.3) is 0 Å². The summed E-state index contributed by atoms with van der Waals surface area (Å²) in [6.07, 6.45) is 0.724. The third kappa shape index (κ3) is 6.87. The molecule has 7 heteroatoms. The minimum absolute atomic E-state index is 0.0968. The largest absolute Gasteiger partial charge is 0.497 e. The molecule has 0 radical (unpaired) electrons. The number of hydrogen-bond acceptors (Lipinski definition) is 4. The Hall–Kier alpha value is -2.57. The second kappa shape index (κ2) is 10.7.